The molecule has 0 spiro atoms. The Labute approximate surface area is 663 Å². The molecular formula is C104H108N5+5. The van der Waals surface area contributed by atoms with Gasteiger partial charge in [0.25, 0.3) is 0 Å². The maximum absolute atomic E-state index is 7.91. The number of pyridine rings is 5. The van der Waals surface area contributed by atoms with Crippen molar-refractivity contribution in [3.63, 3.8) is 0 Å². The van der Waals surface area contributed by atoms with E-state index in [0.717, 1.165) is 78.3 Å². The van der Waals surface area contributed by atoms with E-state index in [2.05, 4.69) is 262 Å². The monoisotopic (exact) mass is 1440 g/mol. The zero-order chi connectivity index (χ0) is 85.1. The van der Waals surface area contributed by atoms with Crippen LogP contribution in [0.15, 0.2) is 310 Å². The van der Waals surface area contributed by atoms with Gasteiger partial charge in [-0.15, -0.1) is 0 Å². The molecule has 15 aromatic rings. The first-order valence-corrected chi connectivity index (χ1v) is 37.3. The van der Waals surface area contributed by atoms with Crippen molar-refractivity contribution in [1.82, 2.24) is 0 Å². The van der Waals surface area contributed by atoms with E-state index in [4.69, 9.17) is 12.3 Å². The fraction of sp³-hybridized carbons (Fsp3) is 0.183. The normalized spacial score (nSPS) is 12.3. The van der Waals surface area contributed by atoms with Gasteiger partial charge < -0.3 is 0 Å². The molecule has 544 valence electrons. The molecule has 5 heterocycles. The van der Waals surface area contributed by atoms with Crippen molar-refractivity contribution in [3.05, 3.63) is 388 Å². The van der Waals surface area contributed by atoms with Gasteiger partial charge in [-0.3, -0.25) is 0 Å². The van der Waals surface area contributed by atoms with Gasteiger partial charge in [-0.05, 0) is 257 Å². The van der Waals surface area contributed by atoms with Gasteiger partial charge in [0, 0.05) is 98.8 Å². The van der Waals surface area contributed by atoms with Crippen molar-refractivity contribution in [3.8, 4) is 112 Å². The van der Waals surface area contributed by atoms with Crippen LogP contribution in [0, 0.1) is 96.7 Å². The Morgan fingerprint density at radius 1 is 0.183 bits per heavy atom. The van der Waals surface area contributed by atoms with Crippen LogP contribution in [0.2, 0.25) is 0 Å². The standard InChI is InChI=1S/C22H24N.2C21H22N.2C20H20N/c1-15-12-22(23(5)14-18(15)4)21-13-20(16(2)11-17(21)3)19-9-7-6-8-10-19;1-15-10-11-19(18-8-6-5-7-9-18)13-20(15)21-12-16(2)17(3)14-22(21)4;1-15-10-11-21(22(4)14-15)20-13-19(16(2)12-17(20)3)18-8-6-5-7-9-18;1-15-13-16(2)19(20-11-7-8-12-21(20)3)14-18(15)17-9-5-4-6-10-17;1-15-9-12-20(21(3)14-15)19-13-18(11-10-16(19)2)17-7-5-4-6-8-17/h6-14H,1-5H3;2*5-14H,1-4H3;2*4-14H,1-3H3/q5*+1/i;3D3;;2*1D3. The molecular weight excluding hydrogens is 1320 g/mol. The number of rotatable bonds is 10. The van der Waals surface area contributed by atoms with E-state index >= 15 is 0 Å². The number of benzene rings is 10. The lowest BCUT2D eigenvalue weighted by molar-refractivity contribution is -0.660. The van der Waals surface area contributed by atoms with Gasteiger partial charge in [-0.2, -0.15) is 0 Å². The molecule has 5 nitrogen and oxygen atoms in total. The first-order chi connectivity index (χ1) is 56.0. The molecule has 0 bridgehead atoms. The minimum atomic E-state index is -2.15. The highest BCUT2D eigenvalue weighted by atomic mass is 14.9. The summed E-state index contributed by atoms with van der Waals surface area (Å²) in [5.74, 6) is 0. The second-order valence-corrected chi connectivity index (χ2v) is 28.9. The molecule has 0 atom stereocenters. The molecule has 0 fully saturated rings. The van der Waals surface area contributed by atoms with Crippen molar-refractivity contribution in [1.29, 1.82) is 0 Å². The summed E-state index contributed by atoms with van der Waals surface area (Å²) in [4.78, 5) is 0. The molecule has 0 aliphatic heterocycles. The highest BCUT2D eigenvalue weighted by Gasteiger charge is 2.21. The molecule has 0 saturated carbocycles. The summed E-state index contributed by atoms with van der Waals surface area (Å²) in [6.07, 6.45) is 9.81. The lowest BCUT2D eigenvalue weighted by Crippen LogP contribution is -2.31. The van der Waals surface area contributed by atoms with Crippen molar-refractivity contribution in [2.45, 2.75) is 96.7 Å². The second-order valence-electron chi connectivity index (χ2n) is 28.9. The van der Waals surface area contributed by atoms with Crippen LogP contribution in [0.1, 0.15) is 90.2 Å². The van der Waals surface area contributed by atoms with Crippen LogP contribution in [-0.2, 0) is 35.2 Å². The zero-order valence-corrected chi connectivity index (χ0v) is 66.2. The molecule has 5 heteroatoms. The van der Waals surface area contributed by atoms with E-state index in [1.807, 2.05) is 158 Å². The summed E-state index contributed by atoms with van der Waals surface area (Å²) < 4.78 is 79.7. The van der Waals surface area contributed by atoms with Crippen LogP contribution in [0.5, 0.6) is 0 Å². The van der Waals surface area contributed by atoms with Crippen molar-refractivity contribution < 1.29 is 35.2 Å². The molecule has 0 unspecified atom stereocenters. The highest BCUT2D eigenvalue weighted by Crippen LogP contribution is 2.36. The van der Waals surface area contributed by atoms with Crippen LogP contribution >= 0.6 is 0 Å². The molecule has 15 rings (SSSR count). The largest absolute Gasteiger partial charge is 0.212 e. The van der Waals surface area contributed by atoms with Gasteiger partial charge in [-0.25, -0.2) is 22.8 Å². The quantitative estimate of drug-likeness (QED) is 0.122. The molecule has 0 saturated heterocycles. The number of nitrogens with zero attached hydrogens (tertiary/aromatic N) is 5. The first kappa shape index (κ1) is 66.4. The van der Waals surface area contributed by atoms with Gasteiger partial charge >= 0.3 is 0 Å². The van der Waals surface area contributed by atoms with Gasteiger partial charge in [0.05, 0.1) is 0 Å². The van der Waals surface area contributed by atoms with E-state index in [1.165, 1.54) is 94.8 Å². The Bertz CT molecular complexity index is 6060. The minimum absolute atomic E-state index is 0.352. The van der Waals surface area contributed by atoms with E-state index in [1.54, 1.807) is 24.5 Å². The van der Waals surface area contributed by atoms with E-state index in [0.29, 0.717) is 16.7 Å². The Kier molecular flexibility index (Phi) is 21.7. The summed E-state index contributed by atoms with van der Waals surface area (Å²) in [6, 6.07) is 95.6. The Morgan fingerprint density at radius 2 is 0.505 bits per heavy atom. The van der Waals surface area contributed by atoms with E-state index in [-0.39, 0.29) is 0 Å². The van der Waals surface area contributed by atoms with Gasteiger partial charge in [0.1, 0.15) is 35.2 Å². The first-order valence-electron chi connectivity index (χ1n) is 41.8. The molecule has 0 radical (unpaired) electrons. The Balaban J connectivity index is 0.000000145. The van der Waals surface area contributed by atoms with Gasteiger partial charge in [0.15, 0.2) is 31.0 Å². The predicted molar refractivity (Wildman–Crippen MR) is 459 cm³/mol. The number of hydrogen-bond acceptors (Lipinski definition) is 0. The van der Waals surface area contributed by atoms with Gasteiger partial charge in [0.2, 0.25) is 28.5 Å². The van der Waals surface area contributed by atoms with Crippen molar-refractivity contribution >= 4 is 0 Å². The summed E-state index contributed by atoms with van der Waals surface area (Å²) in [5, 5.41) is 0. The summed E-state index contributed by atoms with van der Waals surface area (Å²) in [7, 11) is 10.0. The smallest absolute Gasteiger partial charge is 0.201 e. The highest BCUT2D eigenvalue weighted by molar-refractivity contribution is 5.80. The number of aryl methyl sites for hydroxylation is 19. The number of aromatic nitrogens is 5. The zero-order valence-electron chi connectivity index (χ0n) is 75.2. The Morgan fingerprint density at radius 3 is 0.917 bits per heavy atom. The fourth-order valence-electron chi connectivity index (χ4n) is 14.3. The Hall–Kier alpha value is -12.1. The molecule has 10 aromatic carbocycles. The third-order valence-corrected chi connectivity index (χ3v) is 20.5. The summed E-state index contributed by atoms with van der Waals surface area (Å²) in [6.45, 7) is 16.9. The summed E-state index contributed by atoms with van der Waals surface area (Å²) >= 11 is 0. The molecule has 109 heavy (non-hydrogen) atoms. The van der Waals surface area contributed by atoms with E-state index < -0.39 is 20.6 Å². The maximum atomic E-state index is 7.91. The van der Waals surface area contributed by atoms with Crippen LogP contribution in [0.4, 0.5) is 0 Å². The maximum Gasteiger partial charge on any atom is 0.212 e. The molecule has 0 N–H and O–H groups in total. The third kappa shape index (κ3) is 19.0. The average molecular weight is 1440 g/mol. The third-order valence-electron chi connectivity index (χ3n) is 20.5. The lowest BCUT2D eigenvalue weighted by Gasteiger charge is -2.12. The van der Waals surface area contributed by atoms with Gasteiger partial charge in [-0.1, -0.05) is 194 Å². The second kappa shape index (κ2) is 35.6. The number of hydrogen-bond donors (Lipinski definition) is 0. The van der Waals surface area contributed by atoms with Crippen LogP contribution < -0.4 is 22.8 Å². The molecule has 0 aliphatic rings. The minimum Gasteiger partial charge on any atom is -0.201 e. The molecule has 0 amide bonds. The average Bonchev–Trinajstić information content (AvgIpc) is 0.761. The van der Waals surface area contributed by atoms with Crippen LogP contribution in [-0.4, -0.2) is 0 Å². The molecule has 5 aromatic heterocycles. The molecule has 0 aliphatic carbocycles. The topological polar surface area (TPSA) is 19.4 Å². The fourth-order valence-corrected chi connectivity index (χ4v) is 14.3. The van der Waals surface area contributed by atoms with Crippen LogP contribution in [0.25, 0.3) is 112 Å². The van der Waals surface area contributed by atoms with Crippen molar-refractivity contribution in [2.75, 3.05) is 0 Å². The van der Waals surface area contributed by atoms with Crippen LogP contribution in [0.3, 0.4) is 0 Å². The predicted octanol–water partition coefficient (Wildman–Crippen LogP) is 23.5. The van der Waals surface area contributed by atoms with E-state index in [9.17, 15) is 0 Å². The SMILES string of the molecule is Cc1cc(-c2cc(-c3ccccc3)c(C)cc2C)[n+](C)cc1C.Cc1ccc(-c2cc(-c3ccccc3)c(C)cc2C)[n+](C)c1.[2H]C([2H])([2H])c1c[n+](C)c(-c2cc(-c3ccccc3)ccc2C)cc1C.[2H]C([2H])([2H])c1cc(C)c(-c2cccc[n+]2C)cc1-c1ccccc1.[2H]C([2H])([2H])c1ccc(-c2cc(-c3ccccc3)ccc2C)[n+](C)c1. The lowest BCUT2D eigenvalue weighted by atomic mass is 9.93. The van der Waals surface area contributed by atoms with Crippen molar-refractivity contribution in [2.24, 2.45) is 35.2 Å². The summed E-state index contributed by atoms with van der Waals surface area (Å²) in [5.41, 5.74) is 37.4.